The minimum atomic E-state index is -0.921. The number of hydrogen-bond donors (Lipinski definition) is 2. The summed E-state index contributed by atoms with van der Waals surface area (Å²) in [7, 11) is 0. The van der Waals surface area contributed by atoms with Gasteiger partial charge in [0.15, 0.2) is 0 Å². The van der Waals surface area contributed by atoms with Crippen LogP contribution >= 0.6 is 22.9 Å². The Labute approximate surface area is 91.5 Å². The molecule has 0 aliphatic heterocycles. The molecule has 78 valence electrons. The van der Waals surface area contributed by atoms with Crippen molar-refractivity contribution in [1.29, 1.82) is 0 Å². The van der Waals surface area contributed by atoms with Crippen molar-refractivity contribution in [3.8, 4) is 0 Å². The van der Waals surface area contributed by atoms with Crippen molar-refractivity contribution in [2.75, 3.05) is 6.54 Å². The highest BCUT2D eigenvalue weighted by molar-refractivity contribution is 7.12. The van der Waals surface area contributed by atoms with E-state index in [0.29, 0.717) is 10.6 Å². The zero-order valence-corrected chi connectivity index (χ0v) is 9.58. The summed E-state index contributed by atoms with van der Waals surface area (Å²) in [5.41, 5.74) is 6.09. The Kier molecular flexibility index (Phi) is 3.53. The van der Waals surface area contributed by atoms with Crippen LogP contribution in [0.5, 0.6) is 0 Å². The molecule has 3 N–H and O–H groups in total. The topological polar surface area (TPSA) is 63.3 Å². The summed E-state index contributed by atoms with van der Waals surface area (Å²) in [6, 6.07) is 0. The van der Waals surface area contributed by atoms with Gasteiger partial charge in [-0.3, -0.25) is 4.79 Å². The summed E-state index contributed by atoms with van der Waals surface area (Å²) >= 11 is 7.53. The first-order valence-electron chi connectivity index (χ1n) is 4.17. The molecule has 3 nitrogen and oxygen atoms in total. The summed E-state index contributed by atoms with van der Waals surface area (Å²) in [6.07, 6.45) is 0. The van der Waals surface area contributed by atoms with Crippen LogP contribution in [0.4, 0.5) is 0 Å². The van der Waals surface area contributed by atoms with E-state index in [-0.39, 0.29) is 6.54 Å². The Morgan fingerprint density at radius 2 is 2.14 bits per heavy atom. The van der Waals surface area contributed by atoms with Gasteiger partial charge < -0.3 is 10.8 Å². The van der Waals surface area contributed by atoms with E-state index in [2.05, 4.69) is 0 Å². The molecule has 0 aliphatic rings. The molecule has 0 bridgehead atoms. The molecule has 0 spiro atoms. The van der Waals surface area contributed by atoms with Crippen LogP contribution in [0.2, 0.25) is 5.02 Å². The van der Waals surface area contributed by atoms with Crippen LogP contribution in [0, 0.1) is 13.8 Å². The van der Waals surface area contributed by atoms with Gasteiger partial charge in [0.2, 0.25) is 0 Å². The summed E-state index contributed by atoms with van der Waals surface area (Å²) in [6.45, 7) is 3.81. The molecule has 1 heterocycles. The zero-order valence-electron chi connectivity index (χ0n) is 8.00. The minimum absolute atomic E-state index is 0.0755. The molecule has 1 rings (SSSR count). The molecule has 0 radical (unpaired) electrons. The average Bonchev–Trinajstić information content (AvgIpc) is 2.32. The van der Waals surface area contributed by atoms with Gasteiger partial charge in [0, 0.05) is 21.9 Å². The fourth-order valence-corrected chi connectivity index (χ4v) is 2.87. The van der Waals surface area contributed by atoms with Crippen molar-refractivity contribution in [3.05, 3.63) is 20.3 Å². The molecule has 0 saturated heterocycles. The molecule has 14 heavy (non-hydrogen) atoms. The Morgan fingerprint density at radius 1 is 1.57 bits per heavy atom. The first-order valence-corrected chi connectivity index (χ1v) is 5.36. The van der Waals surface area contributed by atoms with Gasteiger partial charge in [-0.25, -0.2) is 0 Å². The van der Waals surface area contributed by atoms with Crippen LogP contribution in [0.15, 0.2) is 0 Å². The maximum absolute atomic E-state index is 10.9. The van der Waals surface area contributed by atoms with E-state index in [1.165, 1.54) is 11.3 Å². The van der Waals surface area contributed by atoms with Crippen molar-refractivity contribution in [1.82, 2.24) is 0 Å². The van der Waals surface area contributed by atoms with Crippen LogP contribution in [-0.2, 0) is 4.79 Å². The summed E-state index contributed by atoms with van der Waals surface area (Å²) in [5.74, 6) is -1.61. The number of carbonyl (C=O) groups is 1. The van der Waals surface area contributed by atoms with E-state index >= 15 is 0 Å². The Balaban J connectivity index is 3.22. The van der Waals surface area contributed by atoms with Gasteiger partial charge in [0.05, 0.1) is 10.9 Å². The highest BCUT2D eigenvalue weighted by atomic mass is 35.5. The van der Waals surface area contributed by atoms with Gasteiger partial charge in [0.1, 0.15) is 0 Å². The van der Waals surface area contributed by atoms with Gasteiger partial charge in [-0.2, -0.15) is 0 Å². The molecule has 1 aromatic rings. The third kappa shape index (κ3) is 1.92. The number of carboxylic acids is 1. The highest BCUT2D eigenvalue weighted by Crippen LogP contribution is 2.36. The predicted molar refractivity (Wildman–Crippen MR) is 58.2 cm³/mol. The third-order valence-corrected chi connectivity index (χ3v) is 3.75. The Morgan fingerprint density at radius 3 is 2.43 bits per heavy atom. The van der Waals surface area contributed by atoms with Crippen molar-refractivity contribution >= 4 is 28.9 Å². The lowest BCUT2D eigenvalue weighted by Crippen LogP contribution is -2.21. The Bertz CT molecular complexity index is 362. The second-order valence-electron chi connectivity index (χ2n) is 3.07. The van der Waals surface area contributed by atoms with Gasteiger partial charge in [-0.05, 0) is 13.8 Å². The van der Waals surface area contributed by atoms with E-state index in [9.17, 15) is 4.79 Å². The first-order chi connectivity index (χ1) is 6.49. The number of aryl methyl sites for hydroxylation is 2. The quantitative estimate of drug-likeness (QED) is 0.841. The predicted octanol–water partition coefficient (Wildman–Crippen LogP) is 2.15. The van der Waals surface area contributed by atoms with Crippen molar-refractivity contribution < 1.29 is 9.90 Å². The van der Waals surface area contributed by atoms with Gasteiger partial charge in [-0.15, -0.1) is 11.3 Å². The molecular formula is C9H12ClNO2S. The second kappa shape index (κ2) is 4.29. The van der Waals surface area contributed by atoms with E-state index in [1.54, 1.807) is 0 Å². The highest BCUT2D eigenvalue weighted by Gasteiger charge is 2.25. The molecule has 1 unspecified atom stereocenters. The molecule has 5 heteroatoms. The largest absolute Gasteiger partial charge is 0.481 e. The number of rotatable bonds is 3. The van der Waals surface area contributed by atoms with Crippen LogP contribution in [0.3, 0.4) is 0 Å². The molecule has 0 aromatic carbocycles. The monoisotopic (exact) mass is 233 g/mol. The standard InChI is InChI=1S/C9H12ClNO2S/c1-4-7(6(3-11)9(12)13)8(10)5(2)14-4/h6H,3,11H2,1-2H3,(H,12,13). The molecule has 1 atom stereocenters. The molecular weight excluding hydrogens is 222 g/mol. The fourth-order valence-electron chi connectivity index (χ4n) is 1.41. The van der Waals surface area contributed by atoms with Crippen molar-refractivity contribution in [3.63, 3.8) is 0 Å². The maximum atomic E-state index is 10.9. The molecule has 0 amide bonds. The van der Waals surface area contributed by atoms with E-state index in [1.807, 2.05) is 13.8 Å². The van der Waals surface area contributed by atoms with Crippen LogP contribution < -0.4 is 5.73 Å². The van der Waals surface area contributed by atoms with Crippen LogP contribution in [0.1, 0.15) is 21.2 Å². The number of carboxylic acid groups (broad SMARTS) is 1. The molecule has 0 aliphatic carbocycles. The molecule has 1 aromatic heterocycles. The van der Waals surface area contributed by atoms with Crippen molar-refractivity contribution in [2.45, 2.75) is 19.8 Å². The number of aliphatic carboxylic acids is 1. The second-order valence-corrected chi connectivity index (χ2v) is 4.88. The van der Waals surface area contributed by atoms with Gasteiger partial charge in [-0.1, -0.05) is 11.6 Å². The van der Waals surface area contributed by atoms with Crippen LogP contribution in [-0.4, -0.2) is 17.6 Å². The lowest BCUT2D eigenvalue weighted by Gasteiger charge is -2.10. The smallest absolute Gasteiger partial charge is 0.312 e. The molecule has 0 fully saturated rings. The van der Waals surface area contributed by atoms with Crippen molar-refractivity contribution in [2.24, 2.45) is 5.73 Å². The zero-order chi connectivity index (χ0) is 10.9. The summed E-state index contributed by atoms with van der Waals surface area (Å²) in [4.78, 5) is 12.8. The fraction of sp³-hybridized carbons (Fsp3) is 0.444. The van der Waals surface area contributed by atoms with E-state index < -0.39 is 11.9 Å². The number of halogens is 1. The SMILES string of the molecule is Cc1sc(C)c(C(CN)C(=O)O)c1Cl. The lowest BCUT2D eigenvalue weighted by atomic mass is 10.00. The van der Waals surface area contributed by atoms with Crippen LogP contribution in [0.25, 0.3) is 0 Å². The van der Waals surface area contributed by atoms with Gasteiger partial charge in [0.25, 0.3) is 0 Å². The van der Waals surface area contributed by atoms with Gasteiger partial charge >= 0.3 is 5.97 Å². The lowest BCUT2D eigenvalue weighted by molar-refractivity contribution is -0.138. The Hall–Kier alpha value is -0.580. The van der Waals surface area contributed by atoms with E-state index in [0.717, 1.165) is 9.75 Å². The number of nitrogens with two attached hydrogens (primary N) is 1. The number of hydrogen-bond acceptors (Lipinski definition) is 3. The van der Waals surface area contributed by atoms with E-state index in [4.69, 9.17) is 22.4 Å². The normalized spacial score (nSPS) is 12.9. The maximum Gasteiger partial charge on any atom is 0.312 e. The average molecular weight is 234 g/mol. The third-order valence-electron chi connectivity index (χ3n) is 2.11. The minimum Gasteiger partial charge on any atom is -0.481 e. The number of thiophene rings is 1. The first kappa shape index (κ1) is 11.5. The summed E-state index contributed by atoms with van der Waals surface area (Å²) in [5, 5.41) is 9.50. The molecule has 0 saturated carbocycles. The summed E-state index contributed by atoms with van der Waals surface area (Å²) < 4.78 is 0.